The standard InChI is InChI=1S/C13H21N3O2/c1-2-6-14-11(3-1)13-15-12(18-16-13)9-10-4-7-17-8-5-10/h10-11,14H,1-9H2. The zero-order valence-corrected chi connectivity index (χ0v) is 10.7. The highest BCUT2D eigenvalue weighted by Gasteiger charge is 2.22. The van der Waals surface area contributed by atoms with Crippen LogP contribution in [0.15, 0.2) is 4.52 Å². The molecule has 0 saturated carbocycles. The molecular formula is C13H21N3O2. The van der Waals surface area contributed by atoms with Gasteiger partial charge in [0.2, 0.25) is 5.89 Å². The van der Waals surface area contributed by atoms with E-state index in [0.717, 1.165) is 57.2 Å². The summed E-state index contributed by atoms with van der Waals surface area (Å²) < 4.78 is 10.7. The van der Waals surface area contributed by atoms with E-state index < -0.39 is 0 Å². The average Bonchev–Trinajstić information content (AvgIpc) is 2.89. The second-order valence-corrected chi connectivity index (χ2v) is 5.31. The lowest BCUT2D eigenvalue weighted by atomic mass is 9.97. The molecule has 0 radical (unpaired) electrons. The third-order valence-corrected chi connectivity index (χ3v) is 3.91. The third kappa shape index (κ3) is 2.90. The normalized spacial score (nSPS) is 26.3. The van der Waals surface area contributed by atoms with Crippen LogP contribution in [0.2, 0.25) is 0 Å². The summed E-state index contributed by atoms with van der Waals surface area (Å²) in [4.78, 5) is 4.55. The van der Waals surface area contributed by atoms with Gasteiger partial charge in [0.1, 0.15) is 0 Å². The van der Waals surface area contributed by atoms with Crippen molar-refractivity contribution in [2.75, 3.05) is 19.8 Å². The molecular weight excluding hydrogens is 230 g/mol. The zero-order valence-electron chi connectivity index (χ0n) is 10.7. The van der Waals surface area contributed by atoms with Gasteiger partial charge in [-0.15, -0.1) is 0 Å². The second kappa shape index (κ2) is 5.80. The van der Waals surface area contributed by atoms with Crippen LogP contribution in [-0.4, -0.2) is 29.9 Å². The summed E-state index contributed by atoms with van der Waals surface area (Å²) in [6, 6.07) is 0.297. The van der Waals surface area contributed by atoms with Gasteiger partial charge in [0.25, 0.3) is 0 Å². The molecule has 1 aromatic heterocycles. The molecule has 0 amide bonds. The molecule has 1 atom stereocenters. The van der Waals surface area contributed by atoms with E-state index in [0.29, 0.717) is 12.0 Å². The Hall–Kier alpha value is -0.940. The van der Waals surface area contributed by atoms with Crippen LogP contribution in [0, 0.1) is 5.92 Å². The smallest absolute Gasteiger partial charge is 0.226 e. The minimum atomic E-state index is 0.297. The van der Waals surface area contributed by atoms with E-state index >= 15 is 0 Å². The van der Waals surface area contributed by atoms with Crippen LogP contribution in [0.4, 0.5) is 0 Å². The van der Waals surface area contributed by atoms with Crippen molar-refractivity contribution in [1.82, 2.24) is 15.5 Å². The largest absolute Gasteiger partial charge is 0.381 e. The highest BCUT2D eigenvalue weighted by atomic mass is 16.5. The Kier molecular flexibility index (Phi) is 3.90. The number of hydrogen-bond donors (Lipinski definition) is 1. The maximum Gasteiger partial charge on any atom is 0.226 e. The fourth-order valence-corrected chi connectivity index (χ4v) is 2.76. The summed E-state index contributed by atoms with van der Waals surface area (Å²) in [5, 5.41) is 7.57. The first-order valence-electron chi connectivity index (χ1n) is 7.05. The maximum atomic E-state index is 5.38. The fourth-order valence-electron chi connectivity index (χ4n) is 2.76. The first kappa shape index (κ1) is 12.1. The highest BCUT2D eigenvalue weighted by molar-refractivity contribution is 4.96. The van der Waals surface area contributed by atoms with Gasteiger partial charge in [-0.05, 0) is 38.1 Å². The lowest BCUT2D eigenvalue weighted by molar-refractivity contribution is 0.0642. The molecule has 1 N–H and O–H groups in total. The van der Waals surface area contributed by atoms with Crippen LogP contribution in [0.5, 0.6) is 0 Å². The summed E-state index contributed by atoms with van der Waals surface area (Å²) in [5.41, 5.74) is 0. The molecule has 100 valence electrons. The summed E-state index contributed by atoms with van der Waals surface area (Å²) in [5.74, 6) is 2.28. The Morgan fingerprint density at radius 3 is 2.83 bits per heavy atom. The molecule has 1 unspecified atom stereocenters. The molecule has 0 bridgehead atoms. The van der Waals surface area contributed by atoms with Gasteiger partial charge in [-0.3, -0.25) is 0 Å². The number of ether oxygens (including phenoxy) is 1. The van der Waals surface area contributed by atoms with Crippen molar-refractivity contribution in [2.45, 2.75) is 44.6 Å². The zero-order chi connectivity index (χ0) is 12.2. The van der Waals surface area contributed by atoms with E-state index in [1.54, 1.807) is 0 Å². The molecule has 2 fully saturated rings. The predicted molar refractivity (Wildman–Crippen MR) is 66.1 cm³/mol. The van der Waals surface area contributed by atoms with Crippen LogP contribution in [0.1, 0.15) is 49.9 Å². The SMILES string of the molecule is C1CCC(c2noc(CC3CCOCC3)n2)NC1. The summed E-state index contributed by atoms with van der Waals surface area (Å²) in [7, 11) is 0. The number of aromatic nitrogens is 2. The van der Waals surface area contributed by atoms with Crippen molar-refractivity contribution in [2.24, 2.45) is 5.92 Å². The van der Waals surface area contributed by atoms with Gasteiger partial charge < -0.3 is 14.6 Å². The molecule has 3 heterocycles. The van der Waals surface area contributed by atoms with Crippen LogP contribution in [-0.2, 0) is 11.2 Å². The Labute approximate surface area is 107 Å². The minimum absolute atomic E-state index is 0.297. The highest BCUT2D eigenvalue weighted by Crippen LogP contribution is 2.23. The molecule has 0 aliphatic carbocycles. The third-order valence-electron chi connectivity index (χ3n) is 3.91. The Morgan fingerprint density at radius 1 is 1.17 bits per heavy atom. The number of nitrogens with one attached hydrogen (secondary N) is 1. The molecule has 2 aliphatic heterocycles. The number of piperidine rings is 1. The van der Waals surface area contributed by atoms with Crippen molar-refractivity contribution < 1.29 is 9.26 Å². The first-order chi connectivity index (χ1) is 8.92. The molecule has 5 heteroatoms. The van der Waals surface area contributed by atoms with E-state index in [1.165, 1.54) is 12.8 Å². The Bertz CT molecular complexity index is 368. The van der Waals surface area contributed by atoms with Gasteiger partial charge in [-0.1, -0.05) is 11.6 Å². The number of rotatable bonds is 3. The topological polar surface area (TPSA) is 60.2 Å². The molecule has 3 rings (SSSR count). The molecule has 2 saturated heterocycles. The summed E-state index contributed by atoms with van der Waals surface area (Å²) in [6.45, 7) is 2.81. The fraction of sp³-hybridized carbons (Fsp3) is 0.846. The van der Waals surface area contributed by atoms with Gasteiger partial charge in [0, 0.05) is 19.6 Å². The van der Waals surface area contributed by atoms with Crippen LogP contribution >= 0.6 is 0 Å². The second-order valence-electron chi connectivity index (χ2n) is 5.31. The van der Waals surface area contributed by atoms with Crippen molar-refractivity contribution in [3.63, 3.8) is 0 Å². The lowest BCUT2D eigenvalue weighted by Crippen LogP contribution is -2.27. The van der Waals surface area contributed by atoms with Gasteiger partial charge in [0.15, 0.2) is 5.82 Å². The van der Waals surface area contributed by atoms with Crippen LogP contribution in [0.3, 0.4) is 0 Å². The van der Waals surface area contributed by atoms with E-state index in [-0.39, 0.29) is 0 Å². The van der Waals surface area contributed by atoms with E-state index in [2.05, 4.69) is 15.5 Å². The molecule has 0 aromatic carbocycles. The van der Waals surface area contributed by atoms with Crippen LogP contribution < -0.4 is 5.32 Å². The minimum Gasteiger partial charge on any atom is -0.381 e. The Morgan fingerprint density at radius 2 is 2.06 bits per heavy atom. The van der Waals surface area contributed by atoms with Crippen molar-refractivity contribution >= 4 is 0 Å². The summed E-state index contributed by atoms with van der Waals surface area (Å²) >= 11 is 0. The number of nitrogens with zero attached hydrogens (tertiary/aromatic N) is 2. The molecule has 18 heavy (non-hydrogen) atoms. The summed E-state index contributed by atoms with van der Waals surface area (Å²) in [6.07, 6.45) is 6.75. The van der Waals surface area contributed by atoms with Gasteiger partial charge in [-0.2, -0.15) is 4.98 Å². The van der Waals surface area contributed by atoms with Crippen molar-refractivity contribution in [1.29, 1.82) is 0 Å². The van der Waals surface area contributed by atoms with E-state index in [4.69, 9.17) is 9.26 Å². The molecule has 5 nitrogen and oxygen atoms in total. The van der Waals surface area contributed by atoms with Crippen molar-refractivity contribution in [3.8, 4) is 0 Å². The van der Waals surface area contributed by atoms with E-state index in [9.17, 15) is 0 Å². The molecule has 1 aromatic rings. The van der Waals surface area contributed by atoms with Gasteiger partial charge in [0.05, 0.1) is 6.04 Å². The molecule has 0 spiro atoms. The van der Waals surface area contributed by atoms with Crippen LogP contribution in [0.25, 0.3) is 0 Å². The van der Waals surface area contributed by atoms with Gasteiger partial charge >= 0.3 is 0 Å². The average molecular weight is 251 g/mol. The lowest BCUT2D eigenvalue weighted by Gasteiger charge is -2.20. The predicted octanol–water partition coefficient (Wildman–Crippen LogP) is 1.85. The van der Waals surface area contributed by atoms with E-state index in [1.807, 2.05) is 0 Å². The monoisotopic (exact) mass is 251 g/mol. The van der Waals surface area contributed by atoms with Crippen molar-refractivity contribution in [3.05, 3.63) is 11.7 Å². The first-order valence-corrected chi connectivity index (χ1v) is 7.05. The number of hydrogen-bond acceptors (Lipinski definition) is 5. The maximum absolute atomic E-state index is 5.38. The Balaban J connectivity index is 1.58. The quantitative estimate of drug-likeness (QED) is 0.888. The van der Waals surface area contributed by atoms with Gasteiger partial charge in [-0.25, -0.2) is 0 Å². The molecule has 2 aliphatic rings.